The first-order valence-electron chi connectivity index (χ1n) is 5.79. The summed E-state index contributed by atoms with van der Waals surface area (Å²) < 4.78 is 12.3. The molecule has 0 aromatic carbocycles. The summed E-state index contributed by atoms with van der Waals surface area (Å²) in [6.07, 6.45) is 0. The predicted octanol–water partition coefficient (Wildman–Crippen LogP) is 1.24. The fraction of sp³-hybridized carbons (Fsp3) is 1.00. The monoisotopic (exact) mass is 254 g/mol. The van der Waals surface area contributed by atoms with Crippen LogP contribution in [0.15, 0.2) is 0 Å². The lowest BCUT2D eigenvalue weighted by molar-refractivity contribution is -0.191. The number of hydrogen-bond donors (Lipinski definition) is 0. The van der Waals surface area contributed by atoms with Crippen molar-refractivity contribution < 1.29 is 9.47 Å². The number of halogens is 1. The second-order valence-electron chi connectivity index (χ2n) is 6.02. The fourth-order valence-electron chi connectivity index (χ4n) is 6.30. The van der Waals surface area contributed by atoms with E-state index in [4.69, 9.17) is 9.47 Å². The van der Waals surface area contributed by atoms with Crippen LogP contribution in [0.1, 0.15) is 0 Å². The van der Waals surface area contributed by atoms with Crippen molar-refractivity contribution >= 4 is 15.9 Å². The molecule has 74 valence electrons. The van der Waals surface area contributed by atoms with Crippen LogP contribution in [0.4, 0.5) is 0 Å². The first-order chi connectivity index (χ1) is 6.82. The van der Waals surface area contributed by atoms with E-state index in [1.165, 1.54) is 0 Å². The number of alkyl halides is 1. The van der Waals surface area contributed by atoms with Crippen molar-refractivity contribution in [3.8, 4) is 0 Å². The highest BCUT2D eigenvalue weighted by Gasteiger charge is 3.03. The summed E-state index contributed by atoms with van der Waals surface area (Å²) in [7, 11) is 0. The molecule has 7 aliphatic rings. The summed E-state index contributed by atoms with van der Waals surface area (Å²) in [6, 6.07) is 0. The molecule has 7 rings (SSSR count). The second kappa shape index (κ2) is 1.47. The van der Waals surface area contributed by atoms with E-state index in [0.29, 0.717) is 0 Å². The minimum absolute atomic E-state index is 0.166. The lowest BCUT2D eigenvalue weighted by atomic mass is 9.98. The first kappa shape index (κ1) is 6.87. The van der Waals surface area contributed by atoms with Gasteiger partial charge in [0.15, 0.2) is 5.79 Å². The number of ether oxygens (including phenoxy) is 2. The third kappa shape index (κ3) is 0.344. The summed E-state index contributed by atoms with van der Waals surface area (Å²) >= 11 is 4.06. The number of hydrogen-bond acceptors (Lipinski definition) is 2. The van der Waals surface area contributed by atoms with Gasteiger partial charge in [-0.15, -0.1) is 0 Å². The highest BCUT2D eigenvalue weighted by molar-refractivity contribution is 9.10. The highest BCUT2D eigenvalue weighted by atomic mass is 79.9. The van der Waals surface area contributed by atoms with Gasteiger partial charge in [-0.3, -0.25) is 0 Å². The molecule has 1 saturated heterocycles. The lowest BCUT2D eigenvalue weighted by Gasteiger charge is -2.37. The molecule has 6 aliphatic carbocycles. The molecular weight excluding hydrogens is 244 g/mol. The SMILES string of the molecule is BrC12[C@@H]3[C@H]4C([C@H]5[C@H]([C@@H]43)[C@H]51)C21OCCO1. The molecule has 1 aliphatic heterocycles. The van der Waals surface area contributed by atoms with Gasteiger partial charge in [-0.25, -0.2) is 0 Å². The Hall–Kier alpha value is 0.400. The van der Waals surface area contributed by atoms with Crippen LogP contribution < -0.4 is 0 Å². The van der Waals surface area contributed by atoms with Crippen LogP contribution in [0.5, 0.6) is 0 Å². The van der Waals surface area contributed by atoms with E-state index in [1.54, 1.807) is 0 Å². The molecule has 2 bridgehead atoms. The van der Waals surface area contributed by atoms with E-state index in [0.717, 1.165) is 54.6 Å². The molecule has 1 heterocycles. The van der Waals surface area contributed by atoms with Gasteiger partial charge in [-0.2, -0.15) is 0 Å². The molecule has 8 atom stereocenters. The van der Waals surface area contributed by atoms with Crippen molar-refractivity contribution in [3.05, 3.63) is 0 Å². The van der Waals surface area contributed by atoms with Crippen LogP contribution in [-0.2, 0) is 9.47 Å². The van der Waals surface area contributed by atoms with Crippen LogP contribution in [0.3, 0.4) is 0 Å². The zero-order chi connectivity index (χ0) is 8.87. The maximum atomic E-state index is 6.04. The molecule has 2 unspecified atom stereocenters. The summed E-state index contributed by atoms with van der Waals surface area (Å²) in [5.41, 5.74) is 0. The van der Waals surface area contributed by atoms with Gasteiger partial charge in [0.1, 0.15) is 0 Å². The van der Waals surface area contributed by atoms with Gasteiger partial charge >= 0.3 is 0 Å². The Labute approximate surface area is 90.4 Å². The van der Waals surface area contributed by atoms with Crippen molar-refractivity contribution in [1.82, 2.24) is 0 Å². The maximum Gasteiger partial charge on any atom is 0.187 e. The average Bonchev–Trinajstić information content (AvgIpc) is 2.87. The molecule has 3 heteroatoms. The van der Waals surface area contributed by atoms with Gasteiger partial charge in [0, 0.05) is 5.92 Å². The molecule has 1 spiro atoms. The van der Waals surface area contributed by atoms with E-state index in [-0.39, 0.29) is 10.1 Å². The first-order valence-corrected chi connectivity index (χ1v) is 6.58. The lowest BCUT2D eigenvalue weighted by Crippen LogP contribution is -2.49. The summed E-state index contributed by atoms with van der Waals surface area (Å²) in [6.45, 7) is 1.64. The quantitative estimate of drug-likeness (QED) is 0.606. The molecular formula is C11H11BrO2. The van der Waals surface area contributed by atoms with E-state index in [9.17, 15) is 0 Å². The minimum Gasteiger partial charge on any atom is -0.346 e. The Morgan fingerprint density at radius 3 is 1.86 bits per heavy atom. The normalized spacial score (nSPS) is 81.6. The predicted molar refractivity (Wildman–Crippen MR) is 50.7 cm³/mol. The van der Waals surface area contributed by atoms with E-state index in [1.807, 2.05) is 0 Å². The van der Waals surface area contributed by atoms with Crippen LogP contribution >= 0.6 is 15.9 Å². The van der Waals surface area contributed by atoms with Gasteiger partial charge in [-0.1, -0.05) is 15.9 Å². The number of rotatable bonds is 0. The molecule has 0 radical (unpaired) electrons. The fourth-order valence-corrected chi connectivity index (χ4v) is 8.02. The Bertz CT molecular complexity index is 367. The molecule has 0 N–H and O–H groups in total. The topological polar surface area (TPSA) is 18.5 Å². The van der Waals surface area contributed by atoms with Crippen LogP contribution in [0.25, 0.3) is 0 Å². The van der Waals surface area contributed by atoms with Crippen molar-refractivity contribution in [3.63, 3.8) is 0 Å². The molecule has 0 amide bonds. The third-order valence-electron chi connectivity index (χ3n) is 6.20. The smallest absolute Gasteiger partial charge is 0.187 e. The highest BCUT2D eigenvalue weighted by Crippen LogP contribution is 3.00. The Morgan fingerprint density at radius 2 is 1.43 bits per heavy atom. The van der Waals surface area contributed by atoms with Crippen LogP contribution in [-0.4, -0.2) is 23.3 Å². The van der Waals surface area contributed by atoms with Crippen molar-refractivity contribution in [2.75, 3.05) is 13.2 Å². The third-order valence-corrected chi connectivity index (χ3v) is 7.81. The Morgan fingerprint density at radius 1 is 0.857 bits per heavy atom. The van der Waals surface area contributed by atoms with Crippen LogP contribution in [0.2, 0.25) is 0 Å². The molecule has 0 aromatic heterocycles. The van der Waals surface area contributed by atoms with Gasteiger partial charge in [0.05, 0.1) is 17.5 Å². The van der Waals surface area contributed by atoms with Gasteiger partial charge in [-0.05, 0) is 35.5 Å². The summed E-state index contributed by atoms with van der Waals surface area (Å²) in [5.74, 6) is 6.56. The van der Waals surface area contributed by atoms with E-state index in [2.05, 4.69) is 15.9 Å². The molecule has 14 heavy (non-hydrogen) atoms. The van der Waals surface area contributed by atoms with Gasteiger partial charge in [0.2, 0.25) is 0 Å². The van der Waals surface area contributed by atoms with Crippen molar-refractivity contribution in [2.24, 2.45) is 41.4 Å². The van der Waals surface area contributed by atoms with E-state index >= 15 is 0 Å². The maximum absolute atomic E-state index is 6.04. The molecule has 7 fully saturated rings. The minimum atomic E-state index is -0.166. The van der Waals surface area contributed by atoms with Crippen molar-refractivity contribution in [1.29, 1.82) is 0 Å². The average molecular weight is 255 g/mol. The largest absolute Gasteiger partial charge is 0.346 e. The van der Waals surface area contributed by atoms with E-state index < -0.39 is 0 Å². The molecule has 0 aromatic rings. The second-order valence-corrected chi connectivity index (χ2v) is 7.33. The Kier molecular flexibility index (Phi) is 0.723. The van der Waals surface area contributed by atoms with Gasteiger partial charge in [0.25, 0.3) is 0 Å². The zero-order valence-electron chi connectivity index (χ0n) is 7.65. The molecule has 2 nitrogen and oxygen atoms in total. The van der Waals surface area contributed by atoms with Gasteiger partial charge < -0.3 is 9.47 Å². The zero-order valence-corrected chi connectivity index (χ0v) is 9.24. The molecule has 6 saturated carbocycles. The van der Waals surface area contributed by atoms with Crippen molar-refractivity contribution in [2.45, 2.75) is 10.1 Å². The summed E-state index contributed by atoms with van der Waals surface area (Å²) in [5, 5.41) is 0. The Balaban J connectivity index is 1.70. The van der Waals surface area contributed by atoms with Crippen LogP contribution in [0, 0.1) is 41.4 Å². The standard InChI is InChI=1S/C11H11BrO2/c12-10-7-3-4-6(8(4)10)9(5(3)7)11(10)13-1-2-14-11/h3-9H,1-2H2/t3-,4-,5-,6-,7-,8+,9?,10?/m0/s1. The summed E-state index contributed by atoms with van der Waals surface area (Å²) in [4.78, 5) is 0.